The van der Waals surface area contributed by atoms with Crippen molar-refractivity contribution in [1.29, 1.82) is 0 Å². The van der Waals surface area contributed by atoms with Crippen molar-refractivity contribution in [3.8, 4) is 11.5 Å². The van der Waals surface area contributed by atoms with Crippen LogP contribution in [0.2, 0.25) is 0 Å². The zero-order chi connectivity index (χ0) is 10.1. The van der Waals surface area contributed by atoms with E-state index in [1.807, 2.05) is 0 Å². The maximum absolute atomic E-state index is 11.9. The molecule has 0 bridgehead atoms. The first kappa shape index (κ1) is 9.70. The van der Waals surface area contributed by atoms with Crippen LogP contribution in [0.15, 0.2) is 18.2 Å². The Hall–Kier alpha value is -1.39. The number of hydrogen-bond donors (Lipinski definition) is 2. The molecule has 0 aliphatic carbocycles. The molecule has 1 rings (SSSR count). The lowest BCUT2D eigenvalue weighted by atomic mass is 10.1. The fourth-order valence-electron chi connectivity index (χ4n) is 0.944. The highest BCUT2D eigenvalue weighted by molar-refractivity contribution is 5.43. The van der Waals surface area contributed by atoms with E-state index >= 15 is 0 Å². The third kappa shape index (κ3) is 2.54. The average molecular weight is 192 g/mol. The molecule has 72 valence electrons. The first-order chi connectivity index (χ1) is 5.90. The van der Waals surface area contributed by atoms with Gasteiger partial charge in [0.25, 0.3) is 0 Å². The Morgan fingerprint density at radius 2 is 1.54 bits per heavy atom. The normalized spacial score (nSPS) is 11.6. The summed E-state index contributed by atoms with van der Waals surface area (Å²) in [4.78, 5) is 0. The molecule has 0 fully saturated rings. The van der Waals surface area contributed by atoms with Crippen molar-refractivity contribution < 1.29 is 23.4 Å². The molecule has 0 aromatic heterocycles. The van der Waals surface area contributed by atoms with Gasteiger partial charge in [-0.05, 0) is 12.1 Å². The minimum absolute atomic E-state index is 0.491. The molecule has 0 radical (unpaired) electrons. The monoisotopic (exact) mass is 192 g/mol. The molecule has 0 saturated heterocycles. The van der Waals surface area contributed by atoms with Gasteiger partial charge in [0.05, 0.1) is 6.42 Å². The fourth-order valence-corrected chi connectivity index (χ4v) is 0.944. The van der Waals surface area contributed by atoms with Crippen molar-refractivity contribution in [3.63, 3.8) is 0 Å². The fraction of sp³-hybridized carbons (Fsp3) is 0.250. The lowest BCUT2D eigenvalue weighted by Gasteiger charge is -2.09. The van der Waals surface area contributed by atoms with E-state index in [9.17, 15) is 13.2 Å². The molecule has 1 aromatic rings. The summed E-state index contributed by atoms with van der Waals surface area (Å²) < 4.78 is 35.6. The third-order valence-electron chi connectivity index (χ3n) is 1.50. The van der Waals surface area contributed by atoms with Crippen LogP contribution in [0, 0.1) is 0 Å². The van der Waals surface area contributed by atoms with Crippen molar-refractivity contribution in [2.24, 2.45) is 0 Å². The highest BCUT2D eigenvalue weighted by Crippen LogP contribution is 2.32. The van der Waals surface area contributed by atoms with Crippen LogP contribution in [0.4, 0.5) is 13.2 Å². The van der Waals surface area contributed by atoms with Crippen LogP contribution in [-0.4, -0.2) is 16.4 Å². The number of halogens is 3. The summed E-state index contributed by atoms with van der Waals surface area (Å²) in [6.07, 6.45) is -5.76. The Bertz CT molecular complexity index is 286. The number of phenolic OH excluding ortho intramolecular Hbond substituents is 2. The Balaban J connectivity index is 3.00. The van der Waals surface area contributed by atoms with Gasteiger partial charge < -0.3 is 10.2 Å². The topological polar surface area (TPSA) is 40.5 Å². The van der Waals surface area contributed by atoms with Crippen LogP contribution < -0.4 is 0 Å². The van der Waals surface area contributed by atoms with Crippen LogP contribution in [0.3, 0.4) is 0 Å². The summed E-state index contributed by atoms with van der Waals surface area (Å²) in [5.41, 5.74) is -0.491. The van der Waals surface area contributed by atoms with Crippen LogP contribution in [0.1, 0.15) is 5.56 Å². The molecule has 0 saturated carbocycles. The van der Waals surface area contributed by atoms with Crippen molar-refractivity contribution in [2.75, 3.05) is 0 Å². The molecule has 0 atom stereocenters. The van der Waals surface area contributed by atoms with Gasteiger partial charge in [0, 0.05) is 5.56 Å². The van der Waals surface area contributed by atoms with E-state index in [2.05, 4.69) is 0 Å². The van der Waals surface area contributed by atoms with Crippen LogP contribution in [-0.2, 0) is 6.42 Å². The van der Waals surface area contributed by atoms with Crippen molar-refractivity contribution in [1.82, 2.24) is 0 Å². The van der Waals surface area contributed by atoms with Gasteiger partial charge in [-0.15, -0.1) is 0 Å². The number of hydrogen-bond acceptors (Lipinski definition) is 2. The Labute approximate surface area is 72.2 Å². The molecule has 0 spiro atoms. The second-order valence-corrected chi connectivity index (χ2v) is 2.57. The number of aromatic hydroxyl groups is 2. The van der Waals surface area contributed by atoms with Gasteiger partial charge >= 0.3 is 6.18 Å². The molecule has 2 N–H and O–H groups in total. The smallest absolute Gasteiger partial charge is 0.393 e. The lowest BCUT2D eigenvalue weighted by Crippen LogP contribution is -2.11. The van der Waals surface area contributed by atoms with Gasteiger partial charge in [0.15, 0.2) is 0 Å². The first-order valence-electron chi connectivity index (χ1n) is 3.47. The maximum atomic E-state index is 11.9. The Morgan fingerprint density at radius 1 is 1.08 bits per heavy atom. The van der Waals surface area contributed by atoms with E-state index in [1.165, 1.54) is 6.07 Å². The second kappa shape index (κ2) is 3.16. The van der Waals surface area contributed by atoms with Gasteiger partial charge in [-0.25, -0.2) is 0 Å². The van der Waals surface area contributed by atoms with Crippen LogP contribution in [0.25, 0.3) is 0 Å². The highest BCUT2D eigenvalue weighted by atomic mass is 19.4. The van der Waals surface area contributed by atoms with E-state index in [1.54, 1.807) is 0 Å². The third-order valence-corrected chi connectivity index (χ3v) is 1.50. The Morgan fingerprint density at radius 3 is 1.92 bits per heavy atom. The van der Waals surface area contributed by atoms with Gasteiger partial charge in [-0.1, -0.05) is 6.07 Å². The number of benzene rings is 1. The quantitative estimate of drug-likeness (QED) is 0.716. The minimum atomic E-state index is -4.43. The standard InChI is InChI=1S/C8H7F3O2/c9-8(10,11)4-5-6(12)2-1-3-7(5)13/h1-3,12-13H,4H2. The van der Waals surface area contributed by atoms with Crippen LogP contribution >= 0.6 is 0 Å². The largest absolute Gasteiger partial charge is 0.508 e. The van der Waals surface area contributed by atoms with Gasteiger partial charge in [0.2, 0.25) is 0 Å². The van der Waals surface area contributed by atoms with E-state index < -0.39 is 29.7 Å². The summed E-state index contributed by atoms with van der Waals surface area (Å²) in [6, 6.07) is 3.46. The first-order valence-corrected chi connectivity index (χ1v) is 3.47. The van der Waals surface area contributed by atoms with Crippen molar-refractivity contribution in [3.05, 3.63) is 23.8 Å². The molecule has 0 amide bonds. The van der Waals surface area contributed by atoms with Crippen molar-refractivity contribution in [2.45, 2.75) is 12.6 Å². The summed E-state index contributed by atoms with van der Waals surface area (Å²) in [5, 5.41) is 18.0. The number of phenols is 2. The zero-order valence-electron chi connectivity index (χ0n) is 6.47. The molecular formula is C8H7F3O2. The maximum Gasteiger partial charge on any atom is 0.393 e. The van der Waals surface area contributed by atoms with Crippen LogP contribution in [0.5, 0.6) is 11.5 Å². The molecule has 2 nitrogen and oxygen atoms in total. The van der Waals surface area contributed by atoms with E-state index in [-0.39, 0.29) is 0 Å². The predicted molar refractivity (Wildman–Crippen MR) is 39.5 cm³/mol. The molecule has 13 heavy (non-hydrogen) atoms. The summed E-state index contributed by atoms with van der Waals surface area (Å²) in [7, 11) is 0. The number of alkyl halides is 3. The zero-order valence-corrected chi connectivity index (χ0v) is 6.47. The molecule has 0 unspecified atom stereocenters. The highest BCUT2D eigenvalue weighted by Gasteiger charge is 2.30. The lowest BCUT2D eigenvalue weighted by molar-refractivity contribution is -0.127. The second-order valence-electron chi connectivity index (χ2n) is 2.57. The molecule has 0 heterocycles. The van der Waals surface area contributed by atoms with Gasteiger partial charge in [0.1, 0.15) is 11.5 Å². The van der Waals surface area contributed by atoms with E-state index in [0.29, 0.717) is 0 Å². The minimum Gasteiger partial charge on any atom is -0.508 e. The molecule has 0 aliphatic heterocycles. The molecule has 1 aromatic carbocycles. The van der Waals surface area contributed by atoms with E-state index in [4.69, 9.17) is 10.2 Å². The average Bonchev–Trinajstić information content (AvgIpc) is 1.95. The SMILES string of the molecule is Oc1cccc(O)c1CC(F)(F)F. The number of rotatable bonds is 1. The summed E-state index contributed by atoms with van der Waals surface area (Å²) in [5.74, 6) is -1.09. The van der Waals surface area contributed by atoms with Crippen molar-refractivity contribution >= 4 is 0 Å². The predicted octanol–water partition coefficient (Wildman–Crippen LogP) is 2.20. The van der Waals surface area contributed by atoms with Gasteiger partial charge in [-0.2, -0.15) is 13.2 Å². The van der Waals surface area contributed by atoms with E-state index in [0.717, 1.165) is 12.1 Å². The Kier molecular flexibility index (Phi) is 2.36. The molecular weight excluding hydrogens is 185 g/mol. The van der Waals surface area contributed by atoms with Gasteiger partial charge in [-0.3, -0.25) is 0 Å². The summed E-state index contributed by atoms with van der Waals surface area (Å²) >= 11 is 0. The molecule has 0 aliphatic rings. The molecule has 5 heteroatoms. The summed E-state index contributed by atoms with van der Waals surface area (Å²) in [6.45, 7) is 0.